The number of halogens is 4. The van der Waals surface area contributed by atoms with Crippen LogP contribution in [0.3, 0.4) is 0 Å². The number of nitrogens with one attached hydrogen (secondary N) is 1. The molecule has 1 N–H and O–H groups in total. The summed E-state index contributed by atoms with van der Waals surface area (Å²) in [5, 5.41) is 4.05. The van der Waals surface area contributed by atoms with Crippen molar-refractivity contribution in [2.45, 2.75) is 76.3 Å². The van der Waals surface area contributed by atoms with Gasteiger partial charge in [-0.1, -0.05) is 36.2 Å². The highest BCUT2D eigenvalue weighted by Crippen LogP contribution is 2.33. The zero-order valence-corrected chi connectivity index (χ0v) is 28.5. The fourth-order valence-corrected chi connectivity index (χ4v) is 6.95. The third kappa shape index (κ3) is 9.29. The van der Waals surface area contributed by atoms with Crippen LogP contribution in [0.15, 0.2) is 36.5 Å². The number of carbonyl (C=O) groups excluding carboxylic acids is 2. The lowest BCUT2D eigenvalue weighted by Gasteiger charge is -2.35. The second-order valence-electron chi connectivity index (χ2n) is 11.7. The van der Waals surface area contributed by atoms with Crippen LogP contribution >= 0.6 is 48.0 Å². The van der Waals surface area contributed by atoms with Gasteiger partial charge in [-0.25, -0.2) is 4.79 Å². The van der Waals surface area contributed by atoms with Crippen LogP contribution < -0.4 is 10.1 Å². The predicted molar refractivity (Wildman–Crippen MR) is 181 cm³/mol. The van der Waals surface area contributed by atoms with Gasteiger partial charge in [0, 0.05) is 60.8 Å². The number of carbonyl (C=O) groups is 2. The van der Waals surface area contributed by atoms with Crippen molar-refractivity contribution in [3.8, 4) is 5.75 Å². The minimum atomic E-state index is -0.710. The van der Waals surface area contributed by atoms with Gasteiger partial charge < -0.3 is 19.9 Å². The lowest BCUT2D eigenvalue weighted by Crippen LogP contribution is -2.54. The number of likely N-dealkylation sites (tertiary alicyclic amines) is 3. The van der Waals surface area contributed by atoms with Crippen molar-refractivity contribution in [3.05, 3.63) is 57.8 Å². The molecule has 8 nitrogen and oxygen atoms in total. The molecule has 2 aromatic rings. The molecule has 12 heteroatoms. The number of pyridine rings is 1. The number of hydrogen-bond acceptors (Lipinski definition) is 5. The van der Waals surface area contributed by atoms with Crippen molar-refractivity contribution in [2.75, 3.05) is 45.9 Å². The Morgan fingerprint density at radius 3 is 2.32 bits per heavy atom. The van der Waals surface area contributed by atoms with Gasteiger partial charge in [0.1, 0.15) is 18.4 Å². The Hall–Kier alpha value is -1.97. The smallest absolute Gasteiger partial charge is 0.318 e. The summed E-state index contributed by atoms with van der Waals surface area (Å²) in [6, 6.07) is 8.74. The van der Waals surface area contributed by atoms with Gasteiger partial charge in [-0.3, -0.25) is 14.7 Å². The van der Waals surface area contributed by atoms with Crippen LogP contribution in [-0.2, 0) is 11.2 Å². The van der Waals surface area contributed by atoms with Gasteiger partial charge in [0.2, 0.25) is 5.91 Å². The Kier molecular flexibility index (Phi) is 14.6. The third-order valence-electron chi connectivity index (χ3n) is 8.98. The van der Waals surface area contributed by atoms with Gasteiger partial charge in [-0.2, -0.15) is 0 Å². The van der Waals surface area contributed by atoms with Crippen molar-refractivity contribution < 1.29 is 14.3 Å². The van der Waals surface area contributed by atoms with E-state index in [9.17, 15) is 9.59 Å². The van der Waals surface area contributed by atoms with Crippen LogP contribution in [0.4, 0.5) is 4.79 Å². The first-order chi connectivity index (χ1) is 20.4. The van der Waals surface area contributed by atoms with E-state index in [4.69, 9.17) is 32.9 Å². The number of piperidine rings is 1. The summed E-state index contributed by atoms with van der Waals surface area (Å²) in [5.41, 5.74) is 1.76. The highest BCUT2D eigenvalue weighted by atomic mass is 35.5. The molecule has 0 radical (unpaired) electrons. The number of ether oxygens (including phenoxy) is 1. The molecule has 5 rings (SSSR count). The normalized spacial score (nSPS) is 18.7. The SMILES string of the molecule is CCC(COc1cccnc1C1CCN(C(=O)[C@@H](Cc2ccc(Cl)cc2Cl)NC(=O)N2CCCC2)CC1)N1CCCC1.Cl.Cl. The summed E-state index contributed by atoms with van der Waals surface area (Å²) in [7, 11) is 0. The van der Waals surface area contributed by atoms with E-state index in [-0.39, 0.29) is 42.7 Å². The molecule has 1 unspecified atom stereocenters. The molecule has 0 spiro atoms. The monoisotopic (exact) mass is 687 g/mol. The largest absolute Gasteiger partial charge is 0.490 e. The average Bonchev–Trinajstić information content (AvgIpc) is 3.74. The molecule has 1 aromatic carbocycles. The minimum Gasteiger partial charge on any atom is -0.490 e. The lowest BCUT2D eigenvalue weighted by atomic mass is 9.91. The number of nitrogens with zero attached hydrogens (tertiary/aromatic N) is 4. The van der Waals surface area contributed by atoms with Gasteiger partial charge in [0.25, 0.3) is 0 Å². The quantitative estimate of drug-likeness (QED) is 0.304. The number of rotatable bonds is 10. The highest BCUT2D eigenvalue weighted by molar-refractivity contribution is 6.35. The van der Waals surface area contributed by atoms with E-state index in [0.717, 1.165) is 62.2 Å². The van der Waals surface area contributed by atoms with E-state index in [1.165, 1.54) is 12.8 Å². The summed E-state index contributed by atoms with van der Waals surface area (Å²) in [6.45, 7) is 7.81. The Morgan fingerprint density at radius 2 is 1.66 bits per heavy atom. The molecule has 3 fully saturated rings. The zero-order chi connectivity index (χ0) is 29.5. The van der Waals surface area contributed by atoms with E-state index in [1.807, 2.05) is 29.3 Å². The van der Waals surface area contributed by atoms with Crippen LogP contribution in [-0.4, -0.2) is 89.6 Å². The second kappa shape index (κ2) is 17.7. The summed E-state index contributed by atoms with van der Waals surface area (Å²) >= 11 is 12.6. The Morgan fingerprint density at radius 1 is 0.977 bits per heavy atom. The molecular formula is C32H45Cl4N5O3. The van der Waals surface area contributed by atoms with Crippen LogP contribution in [0.2, 0.25) is 10.0 Å². The number of urea groups is 1. The number of hydrogen-bond donors (Lipinski definition) is 1. The maximum atomic E-state index is 13.9. The molecule has 0 bridgehead atoms. The van der Waals surface area contributed by atoms with Gasteiger partial charge in [0.15, 0.2) is 0 Å². The molecule has 244 valence electrons. The third-order valence-corrected chi connectivity index (χ3v) is 9.57. The summed E-state index contributed by atoms with van der Waals surface area (Å²) in [5.74, 6) is 0.981. The molecule has 4 heterocycles. The number of aromatic nitrogens is 1. The van der Waals surface area contributed by atoms with Gasteiger partial charge >= 0.3 is 6.03 Å². The molecule has 3 aliphatic heterocycles. The second-order valence-corrected chi connectivity index (χ2v) is 12.6. The Balaban J connectivity index is 0.00000264. The van der Waals surface area contributed by atoms with E-state index < -0.39 is 6.04 Å². The zero-order valence-electron chi connectivity index (χ0n) is 25.4. The van der Waals surface area contributed by atoms with Crippen LogP contribution in [0.25, 0.3) is 0 Å². The molecular weight excluding hydrogens is 644 g/mol. The van der Waals surface area contributed by atoms with Crippen molar-refractivity contribution in [1.29, 1.82) is 0 Å². The summed E-state index contributed by atoms with van der Waals surface area (Å²) < 4.78 is 6.39. The van der Waals surface area contributed by atoms with Gasteiger partial charge in [-0.15, -0.1) is 24.8 Å². The first-order valence-electron chi connectivity index (χ1n) is 15.5. The lowest BCUT2D eigenvalue weighted by molar-refractivity contribution is -0.134. The van der Waals surface area contributed by atoms with Gasteiger partial charge in [0.05, 0.1) is 5.69 Å². The molecule has 3 saturated heterocycles. The topological polar surface area (TPSA) is 78.0 Å². The first kappa shape index (κ1) is 36.5. The molecule has 44 heavy (non-hydrogen) atoms. The number of amides is 3. The standard InChI is InChI=1S/C32H43Cl2N5O3.2ClH/c1-2-26(37-14-3-4-15-37)22-42-29-8-7-13-35-30(29)23-11-18-38(19-12-23)31(40)28(36-32(41)39-16-5-6-17-39)20-24-9-10-25(33)21-27(24)34;;/h7-10,13,21,23,26,28H,2-6,11-12,14-20,22H2,1H3,(H,36,41);2*1H/t26?,28-;;/m1../s1. The van der Waals surface area contributed by atoms with Crippen molar-refractivity contribution in [2.24, 2.45) is 0 Å². The van der Waals surface area contributed by atoms with Crippen LogP contribution in [0.1, 0.15) is 69.0 Å². The summed E-state index contributed by atoms with van der Waals surface area (Å²) in [4.78, 5) is 37.8. The van der Waals surface area contributed by atoms with Crippen molar-refractivity contribution >= 4 is 60.0 Å². The van der Waals surface area contributed by atoms with Crippen LogP contribution in [0, 0.1) is 0 Å². The Labute approximate surface area is 284 Å². The minimum absolute atomic E-state index is 0. The number of benzene rings is 1. The van der Waals surface area contributed by atoms with E-state index in [1.54, 1.807) is 17.0 Å². The van der Waals surface area contributed by atoms with Gasteiger partial charge in [-0.05, 0) is 87.9 Å². The van der Waals surface area contributed by atoms with E-state index >= 15 is 0 Å². The predicted octanol–water partition coefficient (Wildman–Crippen LogP) is 6.61. The van der Waals surface area contributed by atoms with E-state index in [2.05, 4.69) is 17.1 Å². The van der Waals surface area contributed by atoms with Crippen LogP contribution in [0.5, 0.6) is 5.75 Å². The molecule has 3 aliphatic rings. The maximum absolute atomic E-state index is 13.9. The molecule has 3 amide bonds. The maximum Gasteiger partial charge on any atom is 0.318 e. The van der Waals surface area contributed by atoms with E-state index in [0.29, 0.717) is 55.3 Å². The fraction of sp³-hybridized carbons (Fsp3) is 0.594. The first-order valence-corrected chi connectivity index (χ1v) is 16.3. The molecule has 2 atom stereocenters. The molecule has 1 aromatic heterocycles. The molecule has 0 saturated carbocycles. The van der Waals surface area contributed by atoms with Crippen molar-refractivity contribution in [1.82, 2.24) is 25.0 Å². The highest BCUT2D eigenvalue weighted by Gasteiger charge is 2.33. The fourth-order valence-electron chi connectivity index (χ4n) is 6.47. The summed E-state index contributed by atoms with van der Waals surface area (Å²) in [6.07, 6.45) is 9.28. The van der Waals surface area contributed by atoms with Crippen molar-refractivity contribution in [3.63, 3.8) is 0 Å². The average molecular weight is 690 g/mol. The Bertz CT molecular complexity index is 1220. The molecule has 0 aliphatic carbocycles.